The number of rotatable bonds is 3. The van der Waals surface area contributed by atoms with Gasteiger partial charge in [-0.15, -0.1) is 0 Å². The lowest BCUT2D eigenvalue weighted by molar-refractivity contribution is 0.217. The van der Waals surface area contributed by atoms with E-state index >= 15 is 0 Å². The van der Waals surface area contributed by atoms with Crippen LogP contribution in [0.3, 0.4) is 0 Å². The lowest BCUT2D eigenvalue weighted by Gasteiger charge is -2.36. The molecule has 2 aliphatic heterocycles. The Balaban J connectivity index is 1.81. The second-order valence-electron chi connectivity index (χ2n) is 5.81. The first kappa shape index (κ1) is 14.5. The van der Waals surface area contributed by atoms with Crippen molar-refractivity contribution in [2.75, 3.05) is 19.6 Å². The summed E-state index contributed by atoms with van der Waals surface area (Å²) >= 11 is 0. The Bertz CT molecular complexity index is 666. The number of sulfonamides is 1. The number of fused-ring (bicyclic) bond motifs is 1. The topological polar surface area (TPSA) is 73.2 Å². The van der Waals surface area contributed by atoms with Gasteiger partial charge in [0.05, 0.1) is 17.4 Å². The number of benzene rings is 1. The molecule has 2 unspecified atom stereocenters. The minimum absolute atomic E-state index is 0.0221. The largest absolute Gasteiger partial charge is 0.315 e. The molecule has 1 aromatic carbocycles. The summed E-state index contributed by atoms with van der Waals surface area (Å²) < 4.78 is 27.1. The van der Waals surface area contributed by atoms with Crippen LogP contribution in [-0.4, -0.2) is 38.4 Å². The third kappa shape index (κ3) is 2.95. The molecule has 112 valence electrons. The molecule has 3 rings (SSSR count). The maximum atomic E-state index is 12.7. The summed E-state index contributed by atoms with van der Waals surface area (Å²) in [5.74, 6) is 0.421. The highest BCUT2D eigenvalue weighted by atomic mass is 32.2. The number of hydrogen-bond acceptors (Lipinski definition) is 4. The van der Waals surface area contributed by atoms with Crippen LogP contribution in [0.4, 0.5) is 0 Å². The van der Waals surface area contributed by atoms with Gasteiger partial charge in [0, 0.05) is 19.1 Å². The second-order valence-corrected chi connectivity index (χ2v) is 7.73. The zero-order valence-corrected chi connectivity index (χ0v) is 12.6. The molecule has 0 saturated carbocycles. The number of nitrogens with one attached hydrogen (secondary N) is 1. The predicted molar refractivity (Wildman–Crippen MR) is 79.9 cm³/mol. The van der Waals surface area contributed by atoms with Crippen molar-refractivity contribution in [1.82, 2.24) is 9.62 Å². The number of hydrogen-bond donors (Lipinski definition) is 1. The fourth-order valence-electron chi connectivity index (χ4n) is 3.40. The van der Waals surface area contributed by atoms with E-state index in [1.807, 2.05) is 0 Å². The Morgan fingerprint density at radius 2 is 2.24 bits per heavy atom. The minimum atomic E-state index is -3.33. The van der Waals surface area contributed by atoms with Gasteiger partial charge in [-0.2, -0.15) is 9.57 Å². The van der Waals surface area contributed by atoms with Crippen LogP contribution in [0.5, 0.6) is 0 Å². The highest BCUT2D eigenvalue weighted by molar-refractivity contribution is 7.88. The molecule has 1 aromatic rings. The fraction of sp³-hybridized carbons (Fsp3) is 0.533. The van der Waals surface area contributed by atoms with Gasteiger partial charge in [0.2, 0.25) is 10.0 Å². The Morgan fingerprint density at radius 1 is 1.38 bits per heavy atom. The summed E-state index contributed by atoms with van der Waals surface area (Å²) in [4.78, 5) is 0. The molecule has 6 heteroatoms. The van der Waals surface area contributed by atoms with E-state index in [-0.39, 0.29) is 11.8 Å². The average molecular weight is 305 g/mol. The Labute approximate surface area is 125 Å². The zero-order valence-electron chi connectivity index (χ0n) is 11.8. The predicted octanol–water partition coefficient (Wildman–Crippen LogP) is 1.07. The smallest absolute Gasteiger partial charge is 0.218 e. The summed E-state index contributed by atoms with van der Waals surface area (Å²) in [6, 6.07) is 9.00. The summed E-state index contributed by atoms with van der Waals surface area (Å²) in [6.07, 6.45) is 2.04. The molecule has 2 heterocycles. The molecule has 2 aliphatic rings. The summed E-state index contributed by atoms with van der Waals surface area (Å²) in [5, 5.41) is 12.2. The Hall–Kier alpha value is -1.42. The molecular weight excluding hydrogens is 286 g/mol. The first-order valence-corrected chi connectivity index (χ1v) is 8.90. The van der Waals surface area contributed by atoms with Crippen molar-refractivity contribution in [2.45, 2.75) is 24.6 Å². The van der Waals surface area contributed by atoms with Gasteiger partial charge in [0.25, 0.3) is 0 Å². The van der Waals surface area contributed by atoms with Crippen LogP contribution in [0.15, 0.2) is 24.3 Å². The van der Waals surface area contributed by atoms with E-state index in [1.165, 1.54) is 0 Å². The molecule has 1 N–H and O–H groups in total. The van der Waals surface area contributed by atoms with E-state index in [9.17, 15) is 8.42 Å². The summed E-state index contributed by atoms with van der Waals surface area (Å²) in [7, 11) is -3.33. The SMILES string of the molecule is N#Cc1cccc(CS(=O)(=O)N2CCCC3CNCC32)c1. The van der Waals surface area contributed by atoms with Crippen LogP contribution in [0.1, 0.15) is 24.0 Å². The minimum Gasteiger partial charge on any atom is -0.315 e. The third-order valence-electron chi connectivity index (χ3n) is 4.39. The van der Waals surface area contributed by atoms with E-state index in [0.29, 0.717) is 23.6 Å². The van der Waals surface area contributed by atoms with Gasteiger partial charge in [0.15, 0.2) is 0 Å². The average Bonchev–Trinajstić information content (AvgIpc) is 2.95. The second kappa shape index (κ2) is 5.76. The van der Waals surface area contributed by atoms with Gasteiger partial charge in [-0.1, -0.05) is 12.1 Å². The molecular formula is C15H19N3O2S. The maximum Gasteiger partial charge on any atom is 0.218 e. The van der Waals surface area contributed by atoms with Crippen molar-refractivity contribution in [3.8, 4) is 6.07 Å². The fourth-order valence-corrected chi connectivity index (χ4v) is 5.23. The van der Waals surface area contributed by atoms with Crippen LogP contribution in [0.25, 0.3) is 0 Å². The first-order valence-electron chi connectivity index (χ1n) is 7.29. The van der Waals surface area contributed by atoms with Gasteiger partial charge in [-0.25, -0.2) is 8.42 Å². The van der Waals surface area contributed by atoms with E-state index in [0.717, 1.165) is 25.9 Å². The Kier molecular flexibility index (Phi) is 3.98. The first-order chi connectivity index (χ1) is 10.1. The summed E-state index contributed by atoms with van der Waals surface area (Å²) in [5.41, 5.74) is 1.18. The third-order valence-corrected chi connectivity index (χ3v) is 6.26. The Morgan fingerprint density at radius 3 is 3.05 bits per heavy atom. The van der Waals surface area contributed by atoms with Crippen LogP contribution >= 0.6 is 0 Å². The van der Waals surface area contributed by atoms with E-state index < -0.39 is 10.0 Å². The monoisotopic (exact) mass is 305 g/mol. The number of nitrogens with zero attached hydrogens (tertiary/aromatic N) is 2. The number of piperidine rings is 1. The highest BCUT2D eigenvalue weighted by Crippen LogP contribution is 2.29. The highest BCUT2D eigenvalue weighted by Gasteiger charge is 2.40. The van der Waals surface area contributed by atoms with Gasteiger partial charge < -0.3 is 5.32 Å². The lowest BCUT2D eigenvalue weighted by atomic mass is 9.94. The molecule has 2 saturated heterocycles. The van der Waals surface area contributed by atoms with Crippen LogP contribution in [-0.2, 0) is 15.8 Å². The standard InChI is InChI=1S/C15H19N3O2S/c16-8-12-3-1-4-13(7-12)11-21(19,20)18-6-2-5-14-9-17-10-15(14)18/h1,3-4,7,14-15,17H,2,5-6,9-11H2. The quantitative estimate of drug-likeness (QED) is 0.906. The molecule has 0 radical (unpaired) electrons. The molecule has 0 aliphatic carbocycles. The zero-order chi connectivity index (χ0) is 14.9. The molecule has 0 bridgehead atoms. The molecule has 0 spiro atoms. The van der Waals surface area contributed by atoms with Gasteiger partial charge in [-0.05, 0) is 43.0 Å². The van der Waals surface area contributed by atoms with Crippen LogP contribution < -0.4 is 5.32 Å². The van der Waals surface area contributed by atoms with E-state index in [4.69, 9.17) is 5.26 Å². The molecule has 2 fully saturated rings. The van der Waals surface area contributed by atoms with Crippen molar-refractivity contribution in [3.05, 3.63) is 35.4 Å². The van der Waals surface area contributed by atoms with Gasteiger partial charge in [-0.3, -0.25) is 0 Å². The van der Waals surface area contributed by atoms with Crippen molar-refractivity contribution < 1.29 is 8.42 Å². The van der Waals surface area contributed by atoms with E-state index in [1.54, 1.807) is 28.6 Å². The van der Waals surface area contributed by atoms with Crippen molar-refractivity contribution in [3.63, 3.8) is 0 Å². The van der Waals surface area contributed by atoms with Gasteiger partial charge in [0.1, 0.15) is 0 Å². The van der Waals surface area contributed by atoms with Gasteiger partial charge >= 0.3 is 0 Å². The molecule has 0 amide bonds. The van der Waals surface area contributed by atoms with Crippen LogP contribution in [0.2, 0.25) is 0 Å². The molecule has 5 nitrogen and oxygen atoms in total. The summed E-state index contributed by atoms with van der Waals surface area (Å²) in [6.45, 7) is 2.28. The molecule has 2 atom stereocenters. The molecule has 21 heavy (non-hydrogen) atoms. The molecule has 0 aromatic heterocycles. The number of nitriles is 1. The van der Waals surface area contributed by atoms with Crippen LogP contribution in [0, 0.1) is 17.2 Å². The van der Waals surface area contributed by atoms with Crippen molar-refractivity contribution in [1.29, 1.82) is 5.26 Å². The normalized spacial score (nSPS) is 26.2. The lowest BCUT2D eigenvalue weighted by Crippen LogP contribution is -2.48. The van der Waals surface area contributed by atoms with Crippen molar-refractivity contribution >= 4 is 10.0 Å². The van der Waals surface area contributed by atoms with E-state index in [2.05, 4.69) is 11.4 Å². The maximum absolute atomic E-state index is 12.7. The van der Waals surface area contributed by atoms with Crippen molar-refractivity contribution in [2.24, 2.45) is 5.92 Å².